The zero-order chi connectivity index (χ0) is 25.5. The summed E-state index contributed by atoms with van der Waals surface area (Å²) in [6.07, 6.45) is -0.429. The van der Waals surface area contributed by atoms with Crippen LogP contribution < -0.4 is 15.7 Å². The summed E-state index contributed by atoms with van der Waals surface area (Å²) in [5.41, 5.74) is -2.47. The Hall–Kier alpha value is -3.52. The maximum Gasteiger partial charge on any atom is 0.445 e. The molecule has 184 valence electrons. The smallest absolute Gasteiger partial charge is 0.445 e. The third-order valence-electron chi connectivity index (χ3n) is 4.99. The molecule has 0 spiro atoms. The maximum absolute atomic E-state index is 15.0. The Kier molecular flexibility index (Phi) is 6.27. The number of methoxy groups -OCH3 is 1. The van der Waals surface area contributed by atoms with E-state index < -0.39 is 34.4 Å². The van der Waals surface area contributed by atoms with Crippen molar-refractivity contribution in [2.75, 3.05) is 12.4 Å². The zero-order valence-corrected chi connectivity index (χ0v) is 19.4. The van der Waals surface area contributed by atoms with Gasteiger partial charge in [0.1, 0.15) is 17.2 Å². The van der Waals surface area contributed by atoms with E-state index in [9.17, 15) is 22.8 Å². The van der Waals surface area contributed by atoms with E-state index in [0.29, 0.717) is 0 Å². The van der Waals surface area contributed by atoms with Gasteiger partial charge >= 0.3 is 11.9 Å². The van der Waals surface area contributed by atoms with Crippen molar-refractivity contribution < 1.29 is 27.1 Å². The van der Waals surface area contributed by atoms with E-state index in [-0.39, 0.29) is 44.3 Å². The van der Waals surface area contributed by atoms with E-state index in [1.807, 2.05) is 0 Å². The molecule has 0 aliphatic heterocycles. The van der Waals surface area contributed by atoms with Gasteiger partial charge < -0.3 is 4.74 Å². The van der Waals surface area contributed by atoms with Crippen LogP contribution in [0.3, 0.4) is 0 Å². The number of hydrogen-bond acceptors (Lipinski definition) is 7. The van der Waals surface area contributed by atoms with Crippen molar-refractivity contribution in [2.24, 2.45) is 0 Å². The number of aromatic nitrogens is 5. The Labute approximate surface area is 203 Å². The number of rotatable bonds is 5. The number of nitrogens with one attached hydrogen (secondary N) is 2. The largest absolute Gasteiger partial charge is 0.496 e. The van der Waals surface area contributed by atoms with Crippen molar-refractivity contribution >= 4 is 34.0 Å². The summed E-state index contributed by atoms with van der Waals surface area (Å²) in [5.74, 6) is -1.87. The van der Waals surface area contributed by atoms with E-state index in [2.05, 4.69) is 25.6 Å². The topological polar surface area (TPSA) is 115 Å². The molecule has 35 heavy (non-hydrogen) atoms. The predicted octanol–water partition coefficient (Wildman–Crippen LogP) is 4.20. The molecule has 2 atom stereocenters. The third kappa shape index (κ3) is 4.84. The molecule has 2 aromatic heterocycles. The summed E-state index contributed by atoms with van der Waals surface area (Å²) in [6, 6.07) is 3.96. The lowest BCUT2D eigenvalue weighted by molar-refractivity contribution is -0.138. The number of alkyl halides is 4. The number of allylic oxidation sites excluding steroid dienone is 4. The molecule has 2 unspecified atom stereocenters. The minimum Gasteiger partial charge on any atom is -0.496 e. The second-order valence-electron chi connectivity index (χ2n) is 7.47. The molecule has 15 heteroatoms. The molecule has 1 aliphatic carbocycles. The van der Waals surface area contributed by atoms with Gasteiger partial charge in [-0.3, -0.25) is 15.1 Å². The van der Waals surface area contributed by atoms with Crippen LogP contribution in [0.4, 0.5) is 22.7 Å². The molecule has 0 fully saturated rings. The van der Waals surface area contributed by atoms with Crippen LogP contribution in [0.25, 0.3) is 5.69 Å². The average Bonchev–Trinajstić information content (AvgIpc) is 3.39. The van der Waals surface area contributed by atoms with E-state index in [0.717, 1.165) is 4.68 Å². The molecular weight excluding hydrogens is 516 g/mol. The van der Waals surface area contributed by atoms with Crippen molar-refractivity contribution in [1.82, 2.24) is 25.0 Å². The van der Waals surface area contributed by atoms with Crippen molar-refractivity contribution in [3.8, 4) is 11.4 Å². The molecule has 1 amide bonds. The molecule has 1 aliphatic rings. The number of carbonyl (C=O) groups is 1. The Balaban J connectivity index is 1.62. The lowest BCUT2D eigenvalue weighted by Crippen LogP contribution is -2.28. The molecule has 1 aromatic carbocycles. The van der Waals surface area contributed by atoms with Gasteiger partial charge in [-0.05, 0) is 31.2 Å². The third-order valence-corrected chi connectivity index (χ3v) is 6.22. The maximum atomic E-state index is 15.0. The lowest BCUT2D eigenvalue weighted by atomic mass is 9.86. The zero-order valence-electron chi connectivity index (χ0n) is 17.9. The fraction of sp³-hybridized carbons (Fsp3) is 0.250. The van der Waals surface area contributed by atoms with Crippen LogP contribution in [0.2, 0.25) is 0 Å². The number of benzene rings is 1. The van der Waals surface area contributed by atoms with Gasteiger partial charge in [-0.25, -0.2) is 9.18 Å². The molecular formula is C20H15ClF4N6O3S. The van der Waals surface area contributed by atoms with E-state index >= 15 is 4.39 Å². The molecule has 0 radical (unpaired) electrons. The SMILES string of the molecule is COc1cc(-n2nc(C3C(Cl)=CC=CC3(C)F)[nH]c2=O)ccc1C(=O)Nc1nnc(C(F)(F)F)s1. The highest BCUT2D eigenvalue weighted by Gasteiger charge is 2.40. The van der Waals surface area contributed by atoms with Gasteiger partial charge in [-0.2, -0.15) is 17.9 Å². The highest BCUT2D eigenvalue weighted by atomic mass is 35.5. The molecule has 3 aromatic rings. The quantitative estimate of drug-likeness (QED) is 0.478. The molecule has 4 rings (SSSR count). The molecule has 9 nitrogen and oxygen atoms in total. The number of carbonyl (C=O) groups excluding carboxylic acids is 1. The van der Waals surface area contributed by atoms with Crippen molar-refractivity contribution in [3.05, 3.63) is 68.3 Å². The normalized spacial score (nSPS) is 20.0. The molecule has 0 saturated carbocycles. The number of H-pyrrole nitrogens is 1. The van der Waals surface area contributed by atoms with Gasteiger partial charge in [0.2, 0.25) is 10.1 Å². The highest BCUT2D eigenvalue weighted by Crippen LogP contribution is 2.41. The van der Waals surface area contributed by atoms with E-state index in [1.54, 1.807) is 0 Å². The fourth-order valence-electron chi connectivity index (χ4n) is 3.39. The standard InChI is InChI=1S/C20H15ClF4N6O3S/c1-19(22)7-3-4-11(21)13(19)14-26-18(33)31(30-14)9-5-6-10(12(8-9)34-2)15(32)27-17-29-28-16(35-17)20(23,24)25/h3-8,13H,1-2H3,(H,26,30,33)(H,27,29,32). The first-order chi connectivity index (χ1) is 16.4. The van der Waals surface area contributed by atoms with Crippen LogP contribution in [-0.2, 0) is 6.18 Å². The number of aromatic amines is 1. The lowest BCUT2D eigenvalue weighted by Gasteiger charge is -2.27. The Morgan fingerprint density at radius 1 is 1.34 bits per heavy atom. The second-order valence-corrected chi connectivity index (χ2v) is 8.88. The van der Waals surface area contributed by atoms with Crippen molar-refractivity contribution in [1.29, 1.82) is 0 Å². The number of nitrogens with zero attached hydrogens (tertiary/aromatic N) is 4. The van der Waals surface area contributed by atoms with E-state index in [4.69, 9.17) is 16.3 Å². The summed E-state index contributed by atoms with van der Waals surface area (Å²) in [6.45, 7) is 1.30. The first-order valence-electron chi connectivity index (χ1n) is 9.74. The first-order valence-corrected chi connectivity index (χ1v) is 10.9. The van der Waals surface area contributed by atoms with Gasteiger partial charge in [-0.1, -0.05) is 29.0 Å². The number of hydrogen-bond donors (Lipinski definition) is 2. The fourth-order valence-corrected chi connectivity index (χ4v) is 4.38. The van der Waals surface area contributed by atoms with Gasteiger partial charge in [0.25, 0.3) is 5.91 Å². The van der Waals surface area contributed by atoms with Crippen molar-refractivity contribution in [3.63, 3.8) is 0 Å². The second kappa shape index (κ2) is 8.92. The number of amides is 1. The Morgan fingerprint density at radius 2 is 2.09 bits per heavy atom. The van der Waals surface area contributed by atoms with Crippen LogP contribution in [-0.4, -0.2) is 43.6 Å². The molecule has 2 N–H and O–H groups in total. The highest BCUT2D eigenvalue weighted by molar-refractivity contribution is 7.15. The number of anilines is 1. The van der Waals surface area contributed by atoms with Crippen LogP contribution in [0.15, 0.2) is 46.3 Å². The predicted molar refractivity (Wildman–Crippen MR) is 119 cm³/mol. The van der Waals surface area contributed by atoms with Gasteiger partial charge in [0.05, 0.1) is 24.3 Å². The molecule has 0 bridgehead atoms. The Morgan fingerprint density at radius 3 is 2.71 bits per heavy atom. The van der Waals surface area contributed by atoms with Gasteiger partial charge in [0.15, 0.2) is 0 Å². The minimum absolute atomic E-state index is 0.00846. The molecule has 2 heterocycles. The van der Waals surface area contributed by atoms with Gasteiger partial charge in [-0.15, -0.1) is 15.3 Å². The average molecular weight is 531 g/mol. The van der Waals surface area contributed by atoms with Crippen LogP contribution in [0.1, 0.15) is 34.0 Å². The van der Waals surface area contributed by atoms with Gasteiger partial charge in [0, 0.05) is 11.1 Å². The summed E-state index contributed by atoms with van der Waals surface area (Å²) >= 11 is 6.33. The molecule has 0 saturated heterocycles. The Bertz CT molecular complexity index is 1410. The van der Waals surface area contributed by atoms with E-state index in [1.165, 1.54) is 50.5 Å². The number of ether oxygens (including phenoxy) is 1. The summed E-state index contributed by atoms with van der Waals surface area (Å²) in [7, 11) is 1.26. The summed E-state index contributed by atoms with van der Waals surface area (Å²) in [4.78, 5) is 27.6. The van der Waals surface area contributed by atoms with Crippen LogP contribution in [0, 0.1) is 0 Å². The summed E-state index contributed by atoms with van der Waals surface area (Å²) in [5, 5.41) is 11.3. The minimum atomic E-state index is -4.69. The summed E-state index contributed by atoms with van der Waals surface area (Å²) < 4.78 is 59.3. The van der Waals surface area contributed by atoms with Crippen LogP contribution >= 0.6 is 22.9 Å². The number of halogens is 5. The first kappa shape index (κ1) is 24.6. The van der Waals surface area contributed by atoms with Crippen molar-refractivity contribution in [2.45, 2.75) is 24.7 Å². The van der Waals surface area contributed by atoms with Crippen LogP contribution in [0.5, 0.6) is 5.75 Å². The monoisotopic (exact) mass is 530 g/mol.